The van der Waals surface area contributed by atoms with E-state index in [1.165, 1.54) is 27.7 Å². The summed E-state index contributed by atoms with van der Waals surface area (Å²) >= 11 is 0. The van der Waals surface area contributed by atoms with Gasteiger partial charge < -0.3 is 31.3 Å². The fourth-order valence-corrected chi connectivity index (χ4v) is 5.84. The molecule has 0 aromatic carbocycles. The van der Waals surface area contributed by atoms with E-state index in [4.69, 9.17) is 4.74 Å². The van der Waals surface area contributed by atoms with E-state index in [9.17, 15) is 41.9 Å². The minimum absolute atomic E-state index is 0.0787. The van der Waals surface area contributed by atoms with Crippen LogP contribution in [0.1, 0.15) is 39.5 Å². The van der Waals surface area contributed by atoms with Crippen LogP contribution in [0, 0.1) is 5.92 Å². The van der Waals surface area contributed by atoms with Crippen LogP contribution in [0.4, 0.5) is 13.2 Å². The molecule has 17 heteroatoms. The SMILES string of the molecule is CC(C)[C@H]1NC(=O)[C@@H]2CSSCC/C=C/[C@H](CC(=O)N[C@H](CCC(=O)NCC(F)(F)F)C(=O)N2)OC(=O)CNC1=O. The van der Waals surface area contributed by atoms with Crippen molar-refractivity contribution in [3.05, 3.63) is 12.2 Å². The zero-order chi connectivity index (χ0) is 30.6. The van der Waals surface area contributed by atoms with E-state index in [1.807, 2.05) is 0 Å². The lowest BCUT2D eigenvalue weighted by Crippen LogP contribution is -2.59. The lowest BCUT2D eigenvalue weighted by Gasteiger charge is -2.27. The number of rotatable bonds is 5. The van der Waals surface area contributed by atoms with Gasteiger partial charge in [0.1, 0.15) is 37.3 Å². The highest BCUT2D eigenvalue weighted by molar-refractivity contribution is 8.76. The highest BCUT2D eigenvalue weighted by atomic mass is 33.1. The van der Waals surface area contributed by atoms with Crippen molar-refractivity contribution in [2.24, 2.45) is 5.92 Å². The number of allylic oxidation sites excluding steroid dienone is 1. The molecule has 5 N–H and O–H groups in total. The third-order valence-electron chi connectivity index (χ3n) is 5.79. The van der Waals surface area contributed by atoms with E-state index < -0.39 is 97.8 Å². The first-order valence-corrected chi connectivity index (χ1v) is 15.4. The normalized spacial score (nSPS) is 26.5. The standard InChI is InChI=1S/C24H34F3N5O7S2/c1-13(2)20-23(38)28-10-19(35)39-14-5-3-4-8-40-41-11-16(22(37)32-20)31-21(36)15(30-18(34)9-14)6-7-17(33)29-12-24(25,26)27/h3,5,13-16,20H,4,6-12H2,1-2H3,(H,28,38)(H,29,33)(H,30,34)(H,31,36)(H,32,37)/b5-3+/t14-,15-,16+,20-/m1/s1. The second kappa shape index (κ2) is 16.5. The van der Waals surface area contributed by atoms with E-state index in [-0.39, 0.29) is 12.2 Å². The topological polar surface area (TPSA) is 172 Å². The molecule has 5 amide bonds. The molecule has 2 heterocycles. The summed E-state index contributed by atoms with van der Waals surface area (Å²) in [5, 5.41) is 11.7. The van der Waals surface area contributed by atoms with Crippen LogP contribution in [0.15, 0.2) is 12.2 Å². The maximum atomic E-state index is 13.3. The molecule has 0 saturated carbocycles. The van der Waals surface area contributed by atoms with Crippen LogP contribution in [-0.4, -0.2) is 90.5 Å². The lowest BCUT2D eigenvalue weighted by molar-refractivity contribution is -0.148. The molecule has 2 rings (SSSR count). The molecular weight excluding hydrogens is 591 g/mol. The number of carbonyl (C=O) groups is 6. The van der Waals surface area contributed by atoms with Crippen LogP contribution in [0.25, 0.3) is 0 Å². The average molecular weight is 626 g/mol. The van der Waals surface area contributed by atoms with Gasteiger partial charge in [0.25, 0.3) is 0 Å². The largest absolute Gasteiger partial charge is 0.456 e. The van der Waals surface area contributed by atoms with E-state index in [0.29, 0.717) is 12.2 Å². The van der Waals surface area contributed by atoms with Crippen molar-refractivity contribution in [2.75, 3.05) is 24.6 Å². The maximum Gasteiger partial charge on any atom is 0.405 e. The number of esters is 1. The second-order valence-electron chi connectivity index (χ2n) is 9.62. The van der Waals surface area contributed by atoms with Crippen LogP contribution in [-0.2, 0) is 33.5 Å². The number of fused-ring (bicyclic) bond motifs is 7. The number of amides is 5. The Kier molecular flexibility index (Phi) is 13.8. The first kappa shape index (κ1) is 34.3. The summed E-state index contributed by atoms with van der Waals surface area (Å²) in [6, 6.07) is -3.63. The molecular formula is C24H34F3N5O7S2. The van der Waals surface area contributed by atoms with Crippen molar-refractivity contribution < 1.29 is 46.7 Å². The summed E-state index contributed by atoms with van der Waals surface area (Å²) in [5.41, 5.74) is 0. The van der Waals surface area contributed by atoms with Gasteiger partial charge in [-0.3, -0.25) is 28.8 Å². The number of hydrogen-bond acceptors (Lipinski definition) is 9. The predicted molar refractivity (Wildman–Crippen MR) is 145 cm³/mol. The Hall–Kier alpha value is -2.95. The zero-order valence-corrected chi connectivity index (χ0v) is 24.1. The summed E-state index contributed by atoms with van der Waals surface area (Å²) in [7, 11) is 2.69. The van der Waals surface area contributed by atoms with E-state index in [2.05, 4.69) is 21.3 Å². The molecule has 0 unspecified atom stereocenters. The summed E-state index contributed by atoms with van der Waals surface area (Å²) in [4.78, 5) is 76.6. The first-order valence-electron chi connectivity index (χ1n) is 12.9. The van der Waals surface area contributed by atoms with Crippen LogP contribution in [0.3, 0.4) is 0 Å². The Morgan fingerprint density at radius 2 is 1.80 bits per heavy atom. The molecule has 4 atom stereocenters. The molecule has 0 radical (unpaired) electrons. The molecule has 1 fully saturated rings. The lowest BCUT2D eigenvalue weighted by atomic mass is 10.0. The molecule has 0 aliphatic carbocycles. The summed E-state index contributed by atoms with van der Waals surface area (Å²) < 4.78 is 42.8. The predicted octanol–water partition coefficient (Wildman–Crippen LogP) is 0.329. The Labute approximate surface area is 242 Å². The molecule has 2 bridgehead atoms. The summed E-state index contributed by atoms with van der Waals surface area (Å²) in [6.07, 6.45) is -3.26. The van der Waals surface area contributed by atoms with Crippen molar-refractivity contribution >= 4 is 57.1 Å². The third-order valence-corrected chi connectivity index (χ3v) is 8.24. The average Bonchev–Trinajstić information content (AvgIpc) is 2.88. The van der Waals surface area contributed by atoms with Gasteiger partial charge >= 0.3 is 12.1 Å². The van der Waals surface area contributed by atoms with Crippen molar-refractivity contribution in [1.29, 1.82) is 0 Å². The first-order chi connectivity index (χ1) is 19.2. The molecule has 12 nitrogen and oxygen atoms in total. The van der Waals surface area contributed by atoms with Crippen molar-refractivity contribution in [3.63, 3.8) is 0 Å². The number of carbonyl (C=O) groups excluding carboxylic acids is 6. The number of hydrogen-bond donors (Lipinski definition) is 5. The Bertz CT molecular complexity index is 1010. The quantitative estimate of drug-likeness (QED) is 0.164. The Morgan fingerprint density at radius 3 is 2.49 bits per heavy atom. The van der Waals surface area contributed by atoms with Crippen LogP contribution in [0.2, 0.25) is 0 Å². The van der Waals surface area contributed by atoms with Crippen molar-refractivity contribution in [1.82, 2.24) is 26.6 Å². The van der Waals surface area contributed by atoms with Crippen LogP contribution < -0.4 is 26.6 Å². The Balaban J connectivity index is 2.39. The Morgan fingerprint density at radius 1 is 1.07 bits per heavy atom. The van der Waals surface area contributed by atoms with Crippen molar-refractivity contribution in [3.8, 4) is 0 Å². The highest BCUT2D eigenvalue weighted by Gasteiger charge is 2.33. The number of ether oxygens (including phenoxy) is 1. The van der Waals surface area contributed by atoms with Gasteiger partial charge in [-0.15, -0.1) is 0 Å². The molecule has 0 aromatic rings. The van der Waals surface area contributed by atoms with E-state index in [1.54, 1.807) is 25.2 Å². The minimum atomic E-state index is -4.63. The summed E-state index contributed by atoms with van der Waals surface area (Å²) in [5.74, 6) is -4.52. The molecule has 1 saturated heterocycles. The van der Waals surface area contributed by atoms with Crippen LogP contribution in [0.5, 0.6) is 0 Å². The molecule has 230 valence electrons. The number of nitrogens with one attached hydrogen (secondary N) is 5. The monoisotopic (exact) mass is 625 g/mol. The maximum absolute atomic E-state index is 13.3. The van der Waals surface area contributed by atoms with Gasteiger partial charge in [-0.1, -0.05) is 41.5 Å². The van der Waals surface area contributed by atoms with Gasteiger partial charge in [-0.2, -0.15) is 13.2 Å². The minimum Gasteiger partial charge on any atom is -0.456 e. The second-order valence-corrected chi connectivity index (χ2v) is 12.2. The fraction of sp³-hybridized carbons (Fsp3) is 0.667. The van der Waals surface area contributed by atoms with E-state index >= 15 is 0 Å². The van der Waals surface area contributed by atoms with Gasteiger partial charge in [0, 0.05) is 17.9 Å². The number of alkyl halides is 3. The smallest absolute Gasteiger partial charge is 0.405 e. The highest BCUT2D eigenvalue weighted by Crippen LogP contribution is 2.24. The zero-order valence-electron chi connectivity index (χ0n) is 22.5. The van der Waals surface area contributed by atoms with Crippen LogP contribution >= 0.6 is 21.6 Å². The van der Waals surface area contributed by atoms with Crippen molar-refractivity contribution in [2.45, 2.75) is 69.9 Å². The molecule has 0 aromatic heterocycles. The molecule has 2 aliphatic rings. The molecule has 41 heavy (non-hydrogen) atoms. The van der Waals surface area contributed by atoms with Gasteiger partial charge in [-0.05, 0) is 24.8 Å². The number of halogens is 3. The molecule has 0 spiro atoms. The van der Waals surface area contributed by atoms with Gasteiger partial charge in [-0.25, -0.2) is 0 Å². The molecule has 2 aliphatic heterocycles. The van der Waals surface area contributed by atoms with E-state index in [0.717, 1.165) is 0 Å². The van der Waals surface area contributed by atoms with Gasteiger partial charge in [0.2, 0.25) is 29.5 Å². The summed E-state index contributed by atoms with van der Waals surface area (Å²) in [6.45, 7) is 1.28. The third kappa shape index (κ3) is 13.1. The van der Waals surface area contributed by atoms with Gasteiger partial charge in [0.05, 0.1) is 6.42 Å². The fourth-order valence-electron chi connectivity index (χ4n) is 3.68. The van der Waals surface area contributed by atoms with Gasteiger partial charge in [0.15, 0.2) is 0 Å².